The minimum Gasteiger partial charge on any atom is -0.494 e. The molecule has 0 bridgehead atoms. The molecule has 0 amide bonds. The fourth-order valence-electron chi connectivity index (χ4n) is 4.42. The van der Waals surface area contributed by atoms with Gasteiger partial charge in [-0.2, -0.15) is 5.26 Å². The lowest BCUT2D eigenvalue weighted by atomic mass is 10.0. The summed E-state index contributed by atoms with van der Waals surface area (Å²) in [6.45, 7) is 6.16. The predicted molar refractivity (Wildman–Crippen MR) is 156 cm³/mol. The van der Waals surface area contributed by atoms with E-state index in [1.165, 1.54) is 39.0 Å². The van der Waals surface area contributed by atoms with Crippen LogP contribution in [0.2, 0.25) is 0 Å². The highest BCUT2D eigenvalue weighted by molar-refractivity contribution is 5.91. The lowest BCUT2D eigenvalue weighted by molar-refractivity contribution is 0.0112. The van der Waals surface area contributed by atoms with Gasteiger partial charge in [-0.05, 0) is 73.4 Å². The SMILES string of the molecule is CCCCCCCCOc1ccc(-c2ccc(C(=O)Oc3ccc([C@H](C#N)O[C@H](C)C[C@H](C)F)cc3)cc2)cc1. The number of esters is 1. The summed E-state index contributed by atoms with van der Waals surface area (Å²) in [5.41, 5.74) is 3.07. The van der Waals surface area contributed by atoms with Gasteiger partial charge in [0.25, 0.3) is 0 Å². The Morgan fingerprint density at radius 3 is 2.00 bits per heavy atom. The van der Waals surface area contributed by atoms with E-state index >= 15 is 0 Å². The molecule has 0 fully saturated rings. The highest BCUT2D eigenvalue weighted by Gasteiger charge is 2.17. The zero-order chi connectivity index (χ0) is 28.7. The molecule has 0 unspecified atom stereocenters. The van der Waals surface area contributed by atoms with Crippen molar-refractivity contribution in [2.24, 2.45) is 0 Å². The molecule has 3 atom stereocenters. The molecular formula is C34H40FNO4. The van der Waals surface area contributed by atoms with E-state index < -0.39 is 24.3 Å². The molecule has 0 N–H and O–H groups in total. The number of hydrogen-bond acceptors (Lipinski definition) is 5. The van der Waals surface area contributed by atoms with Gasteiger partial charge >= 0.3 is 5.97 Å². The minimum atomic E-state index is -1.01. The van der Waals surface area contributed by atoms with Crippen LogP contribution in [0.15, 0.2) is 72.8 Å². The fourth-order valence-corrected chi connectivity index (χ4v) is 4.42. The smallest absolute Gasteiger partial charge is 0.343 e. The molecule has 3 aromatic carbocycles. The van der Waals surface area contributed by atoms with Crippen molar-refractivity contribution in [3.05, 3.63) is 83.9 Å². The number of carbonyl (C=O) groups excluding carboxylic acids is 1. The van der Waals surface area contributed by atoms with Gasteiger partial charge < -0.3 is 14.2 Å². The van der Waals surface area contributed by atoms with Crippen molar-refractivity contribution in [3.8, 4) is 28.7 Å². The van der Waals surface area contributed by atoms with E-state index in [9.17, 15) is 14.4 Å². The number of hydrogen-bond donors (Lipinski definition) is 0. The van der Waals surface area contributed by atoms with E-state index in [0.717, 1.165) is 29.9 Å². The summed E-state index contributed by atoms with van der Waals surface area (Å²) < 4.78 is 30.3. The van der Waals surface area contributed by atoms with Crippen molar-refractivity contribution >= 4 is 5.97 Å². The molecule has 0 spiro atoms. The Bertz CT molecular complexity index is 1200. The second-order valence-corrected chi connectivity index (χ2v) is 10.1. The molecule has 6 heteroatoms. The average Bonchev–Trinajstić information content (AvgIpc) is 2.96. The van der Waals surface area contributed by atoms with Gasteiger partial charge in [0.2, 0.25) is 0 Å². The zero-order valence-corrected chi connectivity index (χ0v) is 23.8. The highest BCUT2D eigenvalue weighted by atomic mass is 19.1. The van der Waals surface area contributed by atoms with Crippen molar-refractivity contribution < 1.29 is 23.4 Å². The molecule has 5 nitrogen and oxygen atoms in total. The highest BCUT2D eigenvalue weighted by Crippen LogP contribution is 2.25. The Hall–Kier alpha value is -3.69. The number of unbranched alkanes of at least 4 members (excludes halogenated alkanes) is 5. The zero-order valence-electron chi connectivity index (χ0n) is 23.8. The maximum Gasteiger partial charge on any atom is 0.343 e. The van der Waals surface area contributed by atoms with Crippen LogP contribution in [0.5, 0.6) is 11.5 Å². The van der Waals surface area contributed by atoms with E-state index in [1.54, 1.807) is 43.3 Å². The summed E-state index contributed by atoms with van der Waals surface area (Å²) in [7, 11) is 0. The maximum atomic E-state index is 13.2. The fraction of sp³-hybridized carbons (Fsp3) is 0.412. The van der Waals surface area contributed by atoms with Gasteiger partial charge in [-0.3, -0.25) is 0 Å². The molecule has 0 saturated carbocycles. The second kappa shape index (κ2) is 16.4. The number of rotatable bonds is 16. The monoisotopic (exact) mass is 545 g/mol. The lowest BCUT2D eigenvalue weighted by Crippen LogP contribution is -2.16. The molecular weight excluding hydrogens is 505 g/mol. The molecule has 0 saturated heterocycles. The number of ether oxygens (including phenoxy) is 3. The van der Waals surface area contributed by atoms with Crippen LogP contribution in [0, 0.1) is 11.3 Å². The van der Waals surface area contributed by atoms with Gasteiger partial charge in [0.15, 0.2) is 6.10 Å². The first-order valence-electron chi connectivity index (χ1n) is 14.2. The van der Waals surface area contributed by atoms with E-state index in [2.05, 4.69) is 13.0 Å². The third-order valence-corrected chi connectivity index (χ3v) is 6.61. The van der Waals surface area contributed by atoms with Crippen LogP contribution in [0.3, 0.4) is 0 Å². The molecule has 3 rings (SSSR count). The number of alkyl halides is 1. The van der Waals surface area contributed by atoms with Crippen molar-refractivity contribution in [3.63, 3.8) is 0 Å². The van der Waals surface area contributed by atoms with Crippen LogP contribution >= 0.6 is 0 Å². The van der Waals surface area contributed by atoms with Gasteiger partial charge in [-0.25, -0.2) is 9.18 Å². The van der Waals surface area contributed by atoms with E-state index in [4.69, 9.17) is 14.2 Å². The average molecular weight is 546 g/mol. The summed E-state index contributed by atoms with van der Waals surface area (Å²) in [5.74, 6) is 0.743. The molecule has 0 aliphatic rings. The van der Waals surface area contributed by atoms with Crippen molar-refractivity contribution in [2.75, 3.05) is 6.61 Å². The largest absolute Gasteiger partial charge is 0.494 e. The first kappa shape index (κ1) is 30.8. The lowest BCUT2D eigenvalue weighted by Gasteiger charge is -2.18. The maximum absolute atomic E-state index is 13.2. The molecule has 0 radical (unpaired) electrons. The Labute approximate surface area is 237 Å². The first-order valence-corrected chi connectivity index (χ1v) is 14.2. The van der Waals surface area contributed by atoms with Crippen LogP contribution in [0.1, 0.15) is 87.7 Å². The summed E-state index contributed by atoms with van der Waals surface area (Å²) in [6.07, 6.45) is 5.40. The molecule has 3 aromatic rings. The summed E-state index contributed by atoms with van der Waals surface area (Å²) in [5, 5.41) is 9.46. The van der Waals surface area contributed by atoms with Gasteiger partial charge in [0, 0.05) is 6.42 Å². The normalized spacial score (nSPS) is 13.2. The third-order valence-electron chi connectivity index (χ3n) is 6.61. The van der Waals surface area contributed by atoms with Crippen molar-refractivity contribution in [1.29, 1.82) is 5.26 Å². The quantitative estimate of drug-likeness (QED) is 0.102. The van der Waals surface area contributed by atoms with Crippen molar-refractivity contribution in [2.45, 2.75) is 84.1 Å². The molecule has 0 aliphatic heterocycles. The van der Waals surface area contributed by atoms with Crippen molar-refractivity contribution in [1.82, 2.24) is 0 Å². The summed E-state index contributed by atoms with van der Waals surface area (Å²) >= 11 is 0. The number of benzene rings is 3. The van der Waals surface area contributed by atoms with E-state index in [-0.39, 0.29) is 6.42 Å². The predicted octanol–water partition coefficient (Wildman–Crippen LogP) is 9.03. The topological polar surface area (TPSA) is 68.5 Å². The summed E-state index contributed by atoms with van der Waals surface area (Å²) in [4.78, 5) is 12.7. The third kappa shape index (κ3) is 10.1. The van der Waals surface area contributed by atoms with E-state index in [1.807, 2.05) is 36.4 Å². The van der Waals surface area contributed by atoms with Crippen LogP contribution in [0.4, 0.5) is 4.39 Å². The van der Waals surface area contributed by atoms with Crippen LogP contribution < -0.4 is 9.47 Å². The van der Waals surface area contributed by atoms with Gasteiger partial charge in [-0.15, -0.1) is 0 Å². The molecule has 0 aromatic heterocycles. The van der Waals surface area contributed by atoms with Gasteiger partial charge in [-0.1, -0.05) is 75.4 Å². The molecule has 212 valence electrons. The number of nitriles is 1. The standard InChI is InChI=1S/C34H40FNO4/c1-4-5-6-7-8-9-22-38-31-18-14-28(15-19-31)27-10-12-30(13-11-27)34(37)40-32-20-16-29(17-21-32)33(24-36)39-26(3)23-25(2)35/h10-21,25-26,33H,4-9,22-23H2,1-3H3/t25-,26+,33-/m0/s1. The van der Waals surface area contributed by atoms with Crippen LogP contribution in [-0.4, -0.2) is 24.9 Å². The first-order chi connectivity index (χ1) is 19.4. The number of nitrogens with zero attached hydrogens (tertiary/aromatic N) is 1. The van der Waals surface area contributed by atoms with Gasteiger partial charge in [0.1, 0.15) is 11.5 Å². The number of halogens is 1. The minimum absolute atomic E-state index is 0.214. The Morgan fingerprint density at radius 1 is 0.825 bits per heavy atom. The van der Waals surface area contributed by atoms with Crippen LogP contribution in [-0.2, 0) is 4.74 Å². The molecule has 0 aliphatic carbocycles. The molecule has 0 heterocycles. The number of carbonyl (C=O) groups is 1. The Morgan fingerprint density at radius 2 is 1.40 bits per heavy atom. The Balaban J connectivity index is 1.50. The van der Waals surface area contributed by atoms with Crippen LogP contribution in [0.25, 0.3) is 11.1 Å². The Kier molecular flexibility index (Phi) is 12.7. The molecule has 40 heavy (non-hydrogen) atoms. The van der Waals surface area contributed by atoms with E-state index in [0.29, 0.717) is 16.9 Å². The summed E-state index contributed by atoms with van der Waals surface area (Å²) in [6, 6.07) is 23.9. The van der Waals surface area contributed by atoms with Gasteiger partial charge in [0.05, 0.1) is 30.5 Å². The second-order valence-electron chi connectivity index (χ2n) is 10.1.